The van der Waals surface area contributed by atoms with Crippen LogP contribution in [0.2, 0.25) is 0 Å². The van der Waals surface area contributed by atoms with Gasteiger partial charge in [0.05, 0.1) is 17.2 Å². The topological polar surface area (TPSA) is 72.4 Å². The molecule has 2 fully saturated rings. The number of hydrogen-bond acceptors (Lipinski definition) is 5. The van der Waals surface area contributed by atoms with E-state index >= 15 is 0 Å². The summed E-state index contributed by atoms with van der Waals surface area (Å²) < 4.78 is 10.9. The number of aromatic nitrogens is 2. The number of furan rings is 1. The molecular weight excluding hydrogens is 282 g/mol. The van der Waals surface area contributed by atoms with E-state index in [4.69, 9.17) is 8.83 Å². The van der Waals surface area contributed by atoms with Gasteiger partial charge in [-0.25, -0.2) is 0 Å². The Morgan fingerprint density at radius 2 is 2.23 bits per heavy atom. The van der Waals surface area contributed by atoms with Gasteiger partial charge in [0.25, 0.3) is 5.91 Å². The quantitative estimate of drug-likeness (QED) is 0.852. The van der Waals surface area contributed by atoms with Crippen LogP contribution in [-0.4, -0.2) is 34.1 Å². The van der Waals surface area contributed by atoms with E-state index in [-0.39, 0.29) is 11.3 Å². The van der Waals surface area contributed by atoms with Gasteiger partial charge in [0.1, 0.15) is 6.26 Å². The monoisotopic (exact) mass is 301 g/mol. The molecule has 0 bridgehead atoms. The molecule has 0 aromatic carbocycles. The van der Waals surface area contributed by atoms with Gasteiger partial charge in [-0.1, -0.05) is 6.42 Å². The van der Waals surface area contributed by atoms with E-state index in [2.05, 4.69) is 10.2 Å². The highest BCUT2D eigenvalue weighted by Gasteiger charge is 2.55. The number of hydrogen-bond donors (Lipinski definition) is 0. The fourth-order valence-electron chi connectivity index (χ4n) is 4.04. The van der Waals surface area contributed by atoms with E-state index in [9.17, 15) is 4.79 Å². The molecule has 0 unspecified atom stereocenters. The predicted molar refractivity (Wildman–Crippen MR) is 77.4 cm³/mol. The Kier molecular flexibility index (Phi) is 2.89. The molecule has 0 N–H and O–H groups in total. The lowest BCUT2D eigenvalue weighted by molar-refractivity contribution is 0.0774. The fraction of sp³-hybridized carbons (Fsp3) is 0.562. The highest BCUT2D eigenvalue weighted by atomic mass is 16.4. The van der Waals surface area contributed by atoms with E-state index < -0.39 is 0 Å². The van der Waals surface area contributed by atoms with Crippen LogP contribution in [0.1, 0.15) is 47.0 Å². The molecule has 6 heteroatoms. The number of fused-ring (bicyclic) bond motifs is 1. The molecule has 0 spiro atoms. The van der Waals surface area contributed by atoms with Gasteiger partial charge in [0.2, 0.25) is 11.8 Å². The third kappa shape index (κ3) is 1.82. The van der Waals surface area contributed by atoms with Gasteiger partial charge >= 0.3 is 0 Å². The Morgan fingerprint density at radius 1 is 1.36 bits per heavy atom. The Hall–Kier alpha value is -2.11. The molecule has 3 heterocycles. The van der Waals surface area contributed by atoms with Crippen LogP contribution in [0.25, 0.3) is 0 Å². The van der Waals surface area contributed by atoms with Crippen molar-refractivity contribution in [2.75, 3.05) is 13.1 Å². The van der Waals surface area contributed by atoms with Gasteiger partial charge in [0, 0.05) is 20.0 Å². The summed E-state index contributed by atoms with van der Waals surface area (Å²) in [5.41, 5.74) is 1.37. The summed E-state index contributed by atoms with van der Waals surface area (Å²) in [6, 6.07) is 0. The van der Waals surface area contributed by atoms with Crippen LogP contribution >= 0.6 is 0 Å². The van der Waals surface area contributed by atoms with Crippen LogP contribution in [0, 0.1) is 19.8 Å². The number of rotatable bonds is 2. The molecule has 1 aliphatic heterocycles. The smallest absolute Gasteiger partial charge is 0.257 e. The van der Waals surface area contributed by atoms with Gasteiger partial charge in [0.15, 0.2) is 0 Å². The van der Waals surface area contributed by atoms with Crippen LogP contribution in [-0.2, 0) is 5.41 Å². The normalized spacial score (nSPS) is 27.4. The summed E-state index contributed by atoms with van der Waals surface area (Å²) in [5.74, 6) is 1.73. The van der Waals surface area contributed by atoms with Crippen molar-refractivity contribution in [1.82, 2.24) is 15.1 Å². The minimum atomic E-state index is -0.158. The van der Waals surface area contributed by atoms with Gasteiger partial charge in [-0.15, -0.1) is 10.2 Å². The van der Waals surface area contributed by atoms with Crippen molar-refractivity contribution in [3.8, 4) is 0 Å². The summed E-state index contributed by atoms with van der Waals surface area (Å²) in [7, 11) is 0. The number of carbonyl (C=O) groups is 1. The van der Waals surface area contributed by atoms with Crippen molar-refractivity contribution in [1.29, 1.82) is 0 Å². The van der Waals surface area contributed by atoms with E-state index in [1.54, 1.807) is 6.26 Å². The minimum Gasteiger partial charge on any atom is -0.471 e. The second-order valence-corrected chi connectivity index (χ2v) is 6.53. The first-order chi connectivity index (χ1) is 10.6. The number of nitrogens with zero attached hydrogens (tertiary/aromatic N) is 3. The van der Waals surface area contributed by atoms with E-state index in [1.165, 1.54) is 6.26 Å². The summed E-state index contributed by atoms with van der Waals surface area (Å²) in [6.07, 6.45) is 6.42. The van der Waals surface area contributed by atoms with Crippen molar-refractivity contribution in [3.05, 3.63) is 35.4 Å². The Bertz CT molecular complexity index is 720. The maximum Gasteiger partial charge on any atom is 0.257 e. The molecule has 22 heavy (non-hydrogen) atoms. The van der Waals surface area contributed by atoms with Crippen LogP contribution in [0.3, 0.4) is 0 Å². The maximum atomic E-state index is 12.7. The van der Waals surface area contributed by atoms with Gasteiger partial charge in [-0.3, -0.25) is 4.79 Å². The first kappa shape index (κ1) is 13.5. The predicted octanol–water partition coefficient (Wildman–Crippen LogP) is 2.47. The van der Waals surface area contributed by atoms with E-state index in [0.717, 1.165) is 31.4 Å². The number of aryl methyl sites for hydroxylation is 2. The second-order valence-electron chi connectivity index (χ2n) is 6.53. The first-order valence-electron chi connectivity index (χ1n) is 7.73. The molecule has 1 aliphatic carbocycles. The van der Waals surface area contributed by atoms with Gasteiger partial charge in [-0.2, -0.15) is 0 Å². The average Bonchev–Trinajstić information content (AvgIpc) is 3.19. The van der Waals surface area contributed by atoms with Crippen LogP contribution in [0.15, 0.2) is 21.4 Å². The average molecular weight is 301 g/mol. The number of amides is 1. The number of carbonyl (C=O) groups excluding carboxylic acids is 1. The molecule has 2 aromatic heterocycles. The van der Waals surface area contributed by atoms with Crippen molar-refractivity contribution in [3.63, 3.8) is 0 Å². The lowest BCUT2D eigenvalue weighted by Gasteiger charge is -2.24. The molecule has 6 nitrogen and oxygen atoms in total. The summed E-state index contributed by atoms with van der Waals surface area (Å²) >= 11 is 0. The number of likely N-dealkylation sites (tertiary alicyclic amines) is 1. The molecule has 1 saturated heterocycles. The highest BCUT2D eigenvalue weighted by molar-refractivity contribution is 5.95. The zero-order valence-corrected chi connectivity index (χ0v) is 12.8. The molecule has 116 valence electrons. The Morgan fingerprint density at radius 3 is 2.91 bits per heavy atom. The lowest BCUT2D eigenvalue weighted by Crippen LogP contribution is -2.35. The third-order valence-electron chi connectivity index (χ3n) is 5.20. The van der Waals surface area contributed by atoms with E-state index in [0.29, 0.717) is 29.8 Å². The SMILES string of the molecule is Cc1nnc([C@]23CCC[C@H]2CN(C(=O)c2cocc2C)C3)o1. The zero-order valence-electron chi connectivity index (χ0n) is 12.8. The second kappa shape index (κ2) is 4.69. The molecule has 0 radical (unpaired) electrons. The van der Waals surface area contributed by atoms with Crippen molar-refractivity contribution in [2.24, 2.45) is 5.92 Å². The summed E-state index contributed by atoms with van der Waals surface area (Å²) in [4.78, 5) is 14.7. The van der Waals surface area contributed by atoms with Gasteiger partial charge < -0.3 is 13.7 Å². The van der Waals surface area contributed by atoms with Crippen molar-refractivity contribution in [2.45, 2.75) is 38.5 Å². The van der Waals surface area contributed by atoms with Crippen molar-refractivity contribution < 1.29 is 13.6 Å². The van der Waals surface area contributed by atoms with Crippen LogP contribution in [0.4, 0.5) is 0 Å². The molecule has 2 atom stereocenters. The molecule has 2 aromatic rings. The van der Waals surface area contributed by atoms with Gasteiger partial charge in [-0.05, 0) is 31.2 Å². The molecule has 1 amide bonds. The van der Waals surface area contributed by atoms with Crippen LogP contribution < -0.4 is 0 Å². The molecule has 4 rings (SSSR count). The maximum absolute atomic E-state index is 12.7. The third-order valence-corrected chi connectivity index (χ3v) is 5.20. The summed E-state index contributed by atoms with van der Waals surface area (Å²) in [5, 5.41) is 8.25. The van der Waals surface area contributed by atoms with E-state index in [1.807, 2.05) is 18.7 Å². The fourth-order valence-corrected chi connectivity index (χ4v) is 4.04. The highest BCUT2D eigenvalue weighted by Crippen LogP contribution is 2.50. The van der Waals surface area contributed by atoms with Crippen molar-refractivity contribution >= 4 is 5.91 Å². The largest absolute Gasteiger partial charge is 0.471 e. The molecule has 2 aliphatic rings. The Balaban J connectivity index is 1.65. The molecule has 1 saturated carbocycles. The minimum absolute atomic E-state index is 0.0382. The van der Waals surface area contributed by atoms with Crippen LogP contribution in [0.5, 0.6) is 0 Å². The summed E-state index contributed by atoms with van der Waals surface area (Å²) in [6.45, 7) is 5.11. The Labute approximate surface area is 128 Å². The lowest BCUT2D eigenvalue weighted by atomic mass is 9.80. The molecular formula is C16H19N3O3. The standard InChI is InChI=1S/C16H19N3O3/c1-10-7-21-8-13(10)14(20)19-6-12-4-3-5-16(12,9-19)15-18-17-11(2)22-15/h7-8,12H,3-6,9H2,1-2H3/t12-,16-/m0/s1. The first-order valence-corrected chi connectivity index (χ1v) is 7.73. The zero-order chi connectivity index (χ0) is 15.3.